The molecule has 0 bridgehead atoms. The summed E-state index contributed by atoms with van der Waals surface area (Å²) in [6, 6.07) is 10.8. The second-order valence-electron chi connectivity index (χ2n) is 6.12. The first kappa shape index (κ1) is 21.1. The summed E-state index contributed by atoms with van der Waals surface area (Å²) in [5.41, 5.74) is 2.27. The van der Waals surface area contributed by atoms with Crippen LogP contribution in [0, 0.1) is 6.92 Å². The highest BCUT2D eigenvalue weighted by Crippen LogP contribution is 2.39. The number of carbonyl (C=O) groups excluding carboxylic acids is 2. The molecule has 0 aromatic heterocycles. The molecule has 0 spiro atoms. The van der Waals surface area contributed by atoms with Crippen LogP contribution in [0.5, 0.6) is 17.2 Å². The van der Waals surface area contributed by atoms with Crippen LogP contribution in [0.3, 0.4) is 0 Å². The van der Waals surface area contributed by atoms with Gasteiger partial charge >= 0.3 is 0 Å². The highest BCUT2D eigenvalue weighted by molar-refractivity contribution is 6.09. The zero-order valence-corrected chi connectivity index (χ0v) is 16.9. The Kier molecular flexibility index (Phi) is 7.26. The molecule has 2 aromatic rings. The molecule has 28 heavy (non-hydrogen) atoms. The normalized spacial score (nSPS) is 10.2. The van der Waals surface area contributed by atoms with E-state index in [0.29, 0.717) is 29.5 Å². The van der Waals surface area contributed by atoms with E-state index in [1.807, 2.05) is 38.1 Å². The second-order valence-corrected chi connectivity index (χ2v) is 6.12. The Labute approximate surface area is 165 Å². The molecule has 0 radical (unpaired) electrons. The Morgan fingerprint density at radius 2 is 1.64 bits per heavy atom. The Balaban J connectivity index is 2.13. The van der Waals surface area contributed by atoms with Gasteiger partial charge in [-0.1, -0.05) is 12.1 Å². The van der Waals surface area contributed by atoms with Crippen LogP contribution < -0.4 is 24.4 Å². The van der Waals surface area contributed by atoms with Crippen LogP contribution in [-0.2, 0) is 9.59 Å². The molecule has 1 N–H and O–H groups in total. The Morgan fingerprint density at radius 1 is 1.00 bits per heavy atom. The maximum absolute atomic E-state index is 12.6. The van der Waals surface area contributed by atoms with Crippen molar-refractivity contribution in [2.75, 3.05) is 38.1 Å². The van der Waals surface area contributed by atoms with Gasteiger partial charge in [0.1, 0.15) is 6.42 Å². The number of methoxy groups -OCH3 is 3. The zero-order valence-electron chi connectivity index (χ0n) is 16.9. The van der Waals surface area contributed by atoms with E-state index in [1.54, 1.807) is 17.0 Å². The summed E-state index contributed by atoms with van der Waals surface area (Å²) in [6.07, 6.45) is -0.279. The monoisotopic (exact) mass is 386 g/mol. The van der Waals surface area contributed by atoms with Crippen molar-refractivity contribution in [3.63, 3.8) is 0 Å². The molecule has 2 amide bonds. The van der Waals surface area contributed by atoms with Gasteiger partial charge in [0, 0.05) is 30.1 Å². The summed E-state index contributed by atoms with van der Waals surface area (Å²) < 4.78 is 15.8. The maximum Gasteiger partial charge on any atom is 0.236 e. The molecule has 7 nitrogen and oxygen atoms in total. The van der Waals surface area contributed by atoms with Gasteiger partial charge in [-0.05, 0) is 31.5 Å². The smallest absolute Gasteiger partial charge is 0.236 e. The molecular weight excluding hydrogens is 360 g/mol. The van der Waals surface area contributed by atoms with Gasteiger partial charge in [0.15, 0.2) is 11.5 Å². The van der Waals surface area contributed by atoms with Gasteiger partial charge < -0.3 is 24.4 Å². The lowest BCUT2D eigenvalue weighted by Gasteiger charge is -2.21. The minimum absolute atomic E-state index is 0.279. The Hall–Kier alpha value is -3.22. The standard InChI is InChI=1S/C21H26N2O5/c1-6-23(16-9-7-8-14(2)10-16)20(25)13-19(24)22-15-11-17(26-3)21(28-5)18(12-15)27-4/h7-12H,6,13H2,1-5H3,(H,22,24). The summed E-state index contributed by atoms with van der Waals surface area (Å²) in [5.74, 6) is 0.552. The van der Waals surface area contributed by atoms with Crippen molar-refractivity contribution in [1.82, 2.24) is 0 Å². The molecule has 2 aromatic carbocycles. The number of ether oxygens (including phenoxy) is 3. The van der Waals surface area contributed by atoms with E-state index >= 15 is 0 Å². The minimum Gasteiger partial charge on any atom is -0.493 e. The maximum atomic E-state index is 12.6. The number of nitrogens with zero attached hydrogens (tertiary/aromatic N) is 1. The van der Waals surface area contributed by atoms with E-state index < -0.39 is 5.91 Å². The van der Waals surface area contributed by atoms with Crippen LogP contribution in [0.1, 0.15) is 18.9 Å². The first-order valence-corrected chi connectivity index (χ1v) is 8.90. The van der Waals surface area contributed by atoms with Gasteiger partial charge in [-0.2, -0.15) is 0 Å². The molecule has 0 atom stereocenters. The SMILES string of the molecule is CCN(C(=O)CC(=O)Nc1cc(OC)c(OC)c(OC)c1)c1cccc(C)c1. The van der Waals surface area contributed by atoms with Crippen molar-refractivity contribution in [3.8, 4) is 17.2 Å². The van der Waals surface area contributed by atoms with Crippen molar-refractivity contribution in [2.24, 2.45) is 0 Å². The molecule has 0 saturated carbocycles. The van der Waals surface area contributed by atoms with Crippen LogP contribution >= 0.6 is 0 Å². The molecule has 150 valence electrons. The molecule has 0 aliphatic carbocycles. The predicted molar refractivity (Wildman–Crippen MR) is 109 cm³/mol. The average Bonchev–Trinajstić information content (AvgIpc) is 2.67. The van der Waals surface area contributed by atoms with E-state index in [9.17, 15) is 9.59 Å². The van der Waals surface area contributed by atoms with Crippen LogP contribution in [-0.4, -0.2) is 39.7 Å². The molecule has 0 aliphatic rings. The van der Waals surface area contributed by atoms with E-state index in [2.05, 4.69) is 5.32 Å². The number of aryl methyl sites for hydroxylation is 1. The fourth-order valence-corrected chi connectivity index (χ4v) is 2.89. The molecule has 0 aliphatic heterocycles. The van der Waals surface area contributed by atoms with Gasteiger partial charge in [0.25, 0.3) is 0 Å². The third-order valence-electron chi connectivity index (χ3n) is 4.19. The van der Waals surface area contributed by atoms with Crippen LogP contribution in [0.25, 0.3) is 0 Å². The van der Waals surface area contributed by atoms with Crippen molar-refractivity contribution >= 4 is 23.2 Å². The molecule has 0 fully saturated rings. The lowest BCUT2D eigenvalue weighted by atomic mass is 10.2. The second kappa shape index (κ2) is 9.64. The number of hydrogen-bond acceptors (Lipinski definition) is 5. The number of hydrogen-bond donors (Lipinski definition) is 1. The average molecular weight is 386 g/mol. The molecule has 0 saturated heterocycles. The number of rotatable bonds is 8. The Morgan fingerprint density at radius 3 is 2.14 bits per heavy atom. The van der Waals surface area contributed by atoms with Crippen molar-refractivity contribution in [2.45, 2.75) is 20.3 Å². The molecular formula is C21H26N2O5. The summed E-state index contributed by atoms with van der Waals surface area (Å²) >= 11 is 0. The molecule has 0 unspecified atom stereocenters. The van der Waals surface area contributed by atoms with E-state index in [4.69, 9.17) is 14.2 Å². The summed E-state index contributed by atoms with van der Waals surface area (Å²) in [4.78, 5) is 26.6. The van der Waals surface area contributed by atoms with Crippen molar-refractivity contribution in [1.29, 1.82) is 0 Å². The number of benzene rings is 2. The van der Waals surface area contributed by atoms with E-state index in [1.165, 1.54) is 21.3 Å². The van der Waals surface area contributed by atoms with Gasteiger partial charge in [-0.25, -0.2) is 0 Å². The molecule has 2 rings (SSSR count). The predicted octanol–water partition coefficient (Wildman–Crippen LogP) is 3.40. The summed E-state index contributed by atoms with van der Waals surface area (Å²) in [5, 5.41) is 2.71. The van der Waals surface area contributed by atoms with E-state index in [-0.39, 0.29) is 12.3 Å². The number of carbonyl (C=O) groups is 2. The third-order valence-corrected chi connectivity index (χ3v) is 4.19. The zero-order chi connectivity index (χ0) is 20.7. The van der Waals surface area contributed by atoms with Crippen LogP contribution in [0.2, 0.25) is 0 Å². The lowest BCUT2D eigenvalue weighted by molar-refractivity contribution is -0.125. The van der Waals surface area contributed by atoms with Crippen LogP contribution in [0.15, 0.2) is 36.4 Å². The van der Waals surface area contributed by atoms with Crippen molar-refractivity contribution in [3.05, 3.63) is 42.0 Å². The van der Waals surface area contributed by atoms with E-state index in [0.717, 1.165) is 11.3 Å². The summed E-state index contributed by atoms with van der Waals surface area (Å²) in [6.45, 7) is 4.30. The topological polar surface area (TPSA) is 77.1 Å². The molecule has 0 heterocycles. The quantitative estimate of drug-likeness (QED) is 0.704. The van der Waals surface area contributed by atoms with Gasteiger partial charge in [0.2, 0.25) is 17.6 Å². The van der Waals surface area contributed by atoms with Gasteiger partial charge in [-0.3, -0.25) is 9.59 Å². The van der Waals surface area contributed by atoms with Crippen molar-refractivity contribution < 1.29 is 23.8 Å². The third kappa shape index (κ3) is 4.94. The number of anilines is 2. The highest BCUT2D eigenvalue weighted by Gasteiger charge is 2.19. The first-order valence-electron chi connectivity index (χ1n) is 8.90. The number of amides is 2. The fourth-order valence-electron chi connectivity index (χ4n) is 2.89. The van der Waals surface area contributed by atoms with Gasteiger partial charge in [0.05, 0.1) is 21.3 Å². The van der Waals surface area contributed by atoms with Crippen LogP contribution in [0.4, 0.5) is 11.4 Å². The lowest BCUT2D eigenvalue weighted by Crippen LogP contribution is -2.33. The van der Waals surface area contributed by atoms with Gasteiger partial charge in [-0.15, -0.1) is 0 Å². The fraction of sp³-hybridized carbons (Fsp3) is 0.333. The minimum atomic E-state index is -0.426. The summed E-state index contributed by atoms with van der Waals surface area (Å²) in [7, 11) is 4.49. The first-order chi connectivity index (χ1) is 13.4. The molecule has 7 heteroatoms. The highest BCUT2D eigenvalue weighted by atomic mass is 16.5. The number of nitrogens with one attached hydrogen (secondary N) is 1. The Bertz CT molecular complexity index is 825. The largest absolute Gasteiger partial charge is 0.493 e.